The van der Waals surface area contributed by atoms with Crippen molar-refractivity contribution >= 4 is 55.5 Å². The SMILES string of the molecule is Cc1cc2nc(N(CC[NH+](C)C)C(=O)c3ccc(Cl)s3)sc2cc1C. The number of amides is 1. The number of aryl methyl sites for hydroxylation is 2. The smallest absolute Gasteiger partial charge is 0.270 e. The Labute approximate surface area is 160 Å². The van der Waals surface area contributed by atoms with E-state index in [-0.39, 0.29) is 5.91 Å². The molecular formula is C18H21ClN3OS2+. The van der Waals surface area contributed by atoms with Crippen molar-refractivity contribution in [3.05, 3.63) is 44.6 Å². The van der Waals surface area contributed by atoms with Gasteiger partial charge in [-0.2, -0.15) is 0 Å². The maximum Gasteiger partial charge on any atom is 0.270 e. The van der Waals surface area contributed by atoms with Crippen LogP contribution in [0.4, 0.5) is 5.13 Å². The van der Waals surface area contributed by atoms with Gasteiger partial charge in [0.2, 0.25) is 0 Å². The van der Waals surface area contributed by atoms with Gasteiger partial charge in [0, 0.05) is 0 Å². The molecule has 3 rings (SSSR count). The first-order valence-corrected chi connectivity index (χ1v) is 10.1. The van der Waals surface area contributed by atoms with E-state index in [4.69, 9.17) is 16.6 Å². The average Bonchev–Trinajstić information content (AvgIpc) is 3.14. The summed E-state index contributed by atoms with van der Waals surface area (Å²) in [5, 5.41) is 0.746. The number of quaternary nitrogens is 1. The van der Waals surface area contributed by atoms with Gasteiger partial charge in [-0.05, 0) is 49.2 Å². The number of thiophene rings is 1. The normalized spacial score (nSPS) is 11.4. The Morgan fingerprint density at radius 1 is 1.20 bits per heavy atom. The number of nitrogens with one attached hydrogen (secondary N) is 1. The summed E-state index contributed by atoms with van der Waals surface area (Å²) in [5.74, 6) is -0.0364. The molecule has 3 aromatic rings. The Kier molecular flexibility index (Phi) is 5.43. The van der Waals surface area contributed by atoms with E-state index in [1.165, 1.54) is 27.4 Å². The number of fused-ring (bicyclic) bond motifs is 1. The molecule has 2 heterocycles. The van der Waals surface area contributed by atoms with Crippen LogP contribution < -0.4 is 9.80 Å². The van der Waals surface area contributed by atoms with Gasteiger partial charge >= 0.3 is 0 Å². The second kappa shape index (κ2) is 7.41. The van der Waals surface area contributed by atoms with Crippen LogP contribution in [0.3, 0.4) is 0 Å². The van der Waals surface area contributed by atoms with E-state index >= 15 is 0 Å². The monoisotopic (exact) mass is 394 g/mol. The van der Waals surface area contributed by atoms with Gasteiger partial charge in [0.05, 0.1) is 46.6 Å². The molecule has 1 aromatic carbocycles. The van der Waals surface area contributed by atoms with Crippen LogP contribution in [0.2, 0.25) is 4.34 Å². The number of nitrogens with zero attached hydrogens (tertiary/aromatic N) is 2. The molecule has 2 aromatic heterocycles. The Hall–Kier alpha value is -1.47. The molecule has 0 aliphatic rings. The number of hydrogen-bond donors (Lipinski definition) is 1. The minimum atomic E-state index is -0.0364. The number of rotatable bonds is 5. The van der Waals surface area contributed by atoms with Crippen LogP contribution in [0.15, 0.2) is 24.3 Å². The van der Waals surface area contributed by atoms with Crippen molar-refractivity contribution in [3.63, 3.8) is 0 Å². The lowest BCUT2D eigenvalue weighted by molar-refractivity contribution is -0.856. The number of carbonyl (C=O) groups excluding carboxylic acids is 1. The predicted octanol–water partition coefficient (Wildman–Crippen LogP) is 3.42. The first-order valence-electron chi connectivity index (χ1n) is 8.09. The van der Waals surface area contributed by atoms with Crippen LogP contribution in [-0.4, -0.2) is 38.1 Å². The van der Waals surface area contributed by atoms with Crippen molar-refractivity contribution in [3.8, 4) is 0 Å². The second-order valence-electron chi connectivity index (χ2n) is 6.42. The summed E-state index contributed by atoms with van der Waals surface area (Å²) in [6.45, 7) is 5.65. The average molecular weight is 395 g/mol. The first kappa shape index (κ1) is 18.3. The summed E-state index contributed by atoms with van der Waals surface area (Å²) in [6, 6.07) is 7.78. The van der Waals surface area contributed by atoms with Gasteiger partial charge in [-0.1, -0.05) is 22.9 Å². The molecule has 0 aliphatic heterocycles. The molecule has 1 amide bonds. The van der Waals surface area contributed by atoms with Crippen LogP contribution in [0.5, 0.6) is 0 Å². The molecule has 1 N–H and O–H groups in total. The Bertz CT molecular complexity index is 877. The molecule has 0 radical (unpaired) electrons. The second-order valence-corrected chi connectivity index (χ2v) is 9.14. The number of halogens is 1. The molecule has 0 fully saturated rings. The van der Waals surface area contributed by atoms with Crippen LogP contribution in [0, 0.1) is 13.8 Å². The number of hydrogen-bond acceptors (Lipinski definition) is 4. The van der Waals surface area contributed by atoms with Crippen molar-refractivity contribution in [2.45, 2.75) is 13.8 Å². The lowest BCUT2D eigenvalue weighted by Gasteiger charge is -2.19. The molecule has 4 nitrogen and oxygen atoms in total. The van der Waals surface area contributed by atoms with Crippen LogP contribution >= 0.6 is 34.3 Å². The van der Waals surface area contributed by atoms with E-state index < -0.39 is 0 Å². The van der Waals surface area contributed by atoms with E-state index in [1.807, 2.05) is 0 Å². The van der Waals surface area contributed by atoms with E-state index in [1.54, 1.807) is 28.4 Å². The number of likely N-dealkylation sites (N-methyl/N-ethyl adjacent to an activating group) is 1. The fourth-order valence-electron chi connectivity index (χ4n) is 2.46. The van der Waals surface area contributed by atoms with Crippen molar-refractivity contribution in [2.24, 2.45) is 0 Å². The molecule has 0 bridgehead atoms. The number of thiazole rings is 1. The zero-order valence-corrected chi connectivity index (χ0v) is 17.1. The Morgan fingerprint density at radius 3 is 2.56 bits per heavy atom. The molecule has 0 atom stereocenters. The summed E-state index contributed by atoms with van der Waals surface area (Å²) >= 11 is 8.89. The molecule has 25 heavy (non-hydrogen) atoms. The number of aromatic nitrogens is 1. The molecule has 0 saturated heterocycles. The van der Waals surface area contributed by atoms with Gasteiger partial charge in [-0.3, -0.25) is 9.69 Å². The predicted molar refractivity (Wildman–Crippen MR) is 108 cm³/mol. The molecule has 132 valence electrons. The summed E-state index contributed by atoms with van der Waals surface area (Å²) in [4.78, 5) is 21.5. The molecule has 0 saturated carbocycles. The number of benzene rings is 1. The number of carbonyl (C=O) groups is 1. The topological polar surface area (TPSA) is 37.6 Å². The quantitative estimate of drug-likeness (QED) is 0.720. The summed E-state index contributed by atoms with van der Waals surface area (Å²) < 4.78 is 1.73. The summed E-state index contributed by atoms with van der Waals surface area (Å²) in [6.07, 6.45) is 0. The molecule has 0 spiro atoms. The van der Waals surface area contributed by atoms with Crippen LogP contribution in [-0.2, 0) is 0 Å². The molecular weight excluding hydrogens is 374 g/mol. The molecule has 0 unspecified atom stereocenters. The zero-order valence-electron chi connectivity index (χ0n) is 14.7. The van der Waals surface area contributed by atoms with Gasteiger partial charge in [-0.15, -0.1) is 11.3 Å². The lowest BCUT2D eigenvalue weighted by Crippen LogP contribution is -3.06. The van der Waals surface area contributed by atoms with Crippen LogP contribution in [0.1, 0.15) is 20.8 Å². The molecule has 0 aliphatic carbocycles. The third-order valence-electron chi connectivity index (χ3n) is 4.09. The highest BCUT2D eigenvalue weighted by Crippen LogP contribution is 2.32. The van der Waals surface area contributed by atoms with Gasteiger partial charge in [0.15, 0.2) is 5.13 Å². The minimum Gasteiger partial charge on any atom is -0.338 e. The van der Waals surface area contributed by atoms with Crippen molar-refractivity contribution in [1.82, 2.24) is 4.98 Å². The van der Waals surface area contributed by atoms with Gasteiger partial charge < -0.3 is 4.90 Å². The van der Waals surface area contributed by atoms with E-state index in [0.717, 1.165) is 21.9 Å². The molecule has 7 heteroatoms. The zero-order chi connectivity index (χ0) is 18.1. The van der Waals surface area contributed by atoms with Gasteiger partial charge in [-0.25, -0.2) is 4.98 Å². The third kappa shape index (κ3) is 4.03. The maximum atomic E-state index is 13.0. The van der Waals surface area contributed by atoms with E-state index in [2.05, 4.69) is 40.1 Å². The highest BCUT2D eigenvalue weighted by atomic mass is 35.5. The van der Waals surface area contributed by atoms with Crippen molar-refractivity contribution < 1.29 is 9.69 Å². The fraction of sp³-hybridized carbons (Fsp3) is 0.333. The van der Waals surface area contributed by atoms with Crippen LogP contribution in [0.25, 0.3) is 10.2 Å². The van der Waals surface area contributed by atoms with E-state index in [0.29, 0.717) is 15.8 Å². The van der Waals surface area contributed by atoms with Crippen molar-refractivity contribution in [1.29, 1.82) is 0 Å². The highest BCUT2D eigenvalue weighted by molar-refractivity contribution is 7.22. The fourth-order valence-corrected chi connectivity index (χ4v) is 4.53. The highest BCUT2D eigenvalue weighted by Gasteiger charge is 2.23. The summed E-state index contributed by atoms with van der Waals surface area (Å²) in [7, 11) is 4.16. The van der Waals surface area contributed by atoms with Gasteiger partial charge in [0.25, 0.3) is 5.91 Å². The number of anilines is 1. The van der Waals surface area contributed by atoms with E-state index in [9.17, 15) is 4.79 Å². The first-order chi connectivity index (χ1) is 11.8. The Balaban J connectivity index is 2.00. The maximum absolute atomic E-state index is 13.0. The van der Waals surface area contributed by atoms with Gasteiger partial charge in [0.1, 0.15) is 0 Å². The lowest BCUT2D eigenvalue weighted by atomic mass is 10.1. The standard InChI is InChI=1S/C18H20ClN3OS2/c1-11-9-13-15(10-12(11)2)25-18(20-13)22(8-7-21(3)4)17(23)14-5-6-16(19)24-14/h5-6,9-10H,7-8H2,1-4H3/p+1. The third-order valence-corrected chi connectivity index (χ3v) is 6.35. The Morgan fingerprint density at radius 2 is 1.92 bits per heavy atom. The van der Waals surface area contributed by atoms with Crippen molar-refractivity contribution in [2.75, 3.05) is 32.1 Å². The largest absolute Gasteiger partial charge is 0.338 e. The minimum absolute atomic E-state index is 0.0364. The summed E-state index contributed by atoms with van der Waals surface area (Å²) in [5.41, 5.74) is 3.40.